The summed E-state index contributed by atoms with van der Waals surface area (Å²) in [7, 11) is 0. The molecule has 0 saturated heterocycles. The van der Waals surface area contributed by atoms with E-state index in [-0.39, 0.29) is 11.6 Å². The molecular formula is C14H12N2O3. The van der Waals surface area contributed by atoms with Crippen molar-refractivity contribution in [2.75, 3.05) is 0 Å². The summed E-state index contributed by atoms with van der Waals surface area (Å²) in [5.74, 6) is -1.26. The number of carbonyl (C=O) groups is 2. The number of Topliss-reactive ketones (excluding diaryl/α,β-unsaturated/α-hetero) is 1. The average molecular weight is 256 g/mol. The third-order valence-corrected chi connectivity index (χ3v) is 3.44. The number of hydrogen-bond acceptors (Lipinski definition) is 3. The first-order valence-electron chi connectivity index (χ1n) is 5.98. The molecule has 1 aliphatic carbocycles. The maximum Gasteiger partial charge on any atom is 0.372 e. The monoisotopic (exact) mass is 256 g/mol. The van der Waals surface area contributed by atoms with Crippen LogP contribution in [0.15, 0.2) is 30.6 Å². The number of hydrogen-bond donors (Lipinski definition) is 1. The van der Waals surface area contributed by atoms with E-state index in [1.807, 2.05) is 25.1 Å². The second-order valence-corrected chi connectivity index (χ2v) is 4.71. The molecule has 0 bridgehead atoms. The molecule has 1 atom stereocenters. The molecule has 1 unspecified atom stereocenters. The Kier molecular flexibility index (Phi) is 2.48. The highest BCUT2D eigenvalue weighted by atomic mass is 16.4. The van der Waals surface area contributed by atoms with Crippen molar-refractivity contribution >= 4 is 11.8 Å². The van der Waals surface area contributed by atoms with E-state index in [1.54, 1.807) is 6.20 Å². The minimum atomic E-state index is -1.12. The van der Waals surface area contributed by atoms with Gasteiger partial charge in [-0.2, -0.15) is 0 Å². The number of aryl methyl sites for hydroxylation is 1. The van der Waals surface area contributed by atoms with Gasteiger partial charge in [-0.25, -0.2) is 9.78 Å². The van der Waals surface area contributed by atoms with E-state index in [0.717, 1.165) is 11.1 Å². The van der Waals surface area contributed by atoms with Gasteiger partial charge in [-0.15, -0.1) is 0 Å². The number of aromatic nitrogens is 2. The smallest absolute Gasteiger partial charge is 0.372 e. The summed E-state index contributed by atoms with van der Waals surface area (Å²) < 4.78 is 1.44. The molecule has 5 nitrogen and oxygen atoms in total. The second kappa shape index (κ2) is 4.05. The SMILES string of the molecule is Cc1ccc2c(c1)CC(n1ccnc1C(=O)O)C2=O. The fourth-order valence-corrected chi connectivity index (χ4v) is 2.57. The van der Waals surface area contributed by atoms with Crippen molar-refractivity contribution in [3.05, 3.63) is 53.1 Å². The molecule has 1 aliphatic rings. The van der Waals surface area contributed by atoms with Crippen LogP contribution in [0.25, 0.3) is 0 Å². The largest absolute Gasteiger partial charge is 0.475 e. The molecule has 5 heteroatoms. The Morgan fingerprint density at radius 2 is 2.26 bits per heavy atom. The van der Waals surface area contributed by atoms with E-state index < -0.39 is 12.0 Å². The number of nitrogens with zero attached hydrogens (tertiary/aromatic N) is 2. The highest BCUT2D eigenvalue weighted by Crippen LogP contribution is 2.31. The summed E-state index contributed by atoms with van der Waals surface area (Å²) >= 11 is 0. The van der Waals surface area contributed by atoms with Gasteiger partial charge in [-0.3, -0.25) is 4.79 Å². The Hall–Kier alpha value is -2.43. The van der Waals surface area contributed by atoms with Gasteiger partial charge < -0.3 is 9.67 Å². The van der Waals surface area contributed by atoms with Crippen LogP contribution in [0.2, 0.25) is 0 Å². The number of imidazole rings is 1. The molecule has 0 spiro atoms. The summed E-state index contributed by atoms with van der Waals surface area (Å²) in [6, 6.07) is 5.19. The van der Waals surface area contributed by atoms with Crippen molar-refractivity contribution in [3.63, 3.8) is 0 Å². The molecule has 2 aromatic rings. The number of carboxylic acids is 1. The van der Waals surface area contributed by atoms with E-state index >= 15 is 0 Å². The van der Waals surface area contributed by atoms with Gasteiger partial charge >= 0.3 is 5.97 Å². The van der Waals surface area contributed by atoms with E-state index in [1.165, 1.54) is 10.8 Å². The maximum absolute atomic E-state index is 12.3. The van der Waals surface area contributed by atoms with Gasteiger partial charge in [0.15, 0.2) is 5.78 Å². The van der Waals surface area contributed by atoms with Crippen LogP contribution in [-0.2, 0) is 6.42 Å². The van der Waals surface area contributed by atoms with Gasteiger partial charge in [-0.1, -0.05) is 23.8 Å². The third-order valence-electron chi connectivity index (χ3n) is 3.44. The fraction of sp³-hybridized carbons (Fsp3) is 0.214. The van der Waals surface area contributed by atoms with Crippen LogP contribution < -0.4 is 0 Å². The van der Waals surface area contributed by atoms with Crippen LogP contribution in [-0.4, -0.2) is 26.4 Å². The van der Waals surface area contributed by atoms with E-state index in [4.69, 9.17) is 5.11 Å². The summed E-state index contributed by atoms with van der Waals surface area (Å²) in [6.07, 6.45) is 3.47. The summed E-state index contributed by atoms with van der Waals surface area (Å²) in [4.78, 5) is 27.2. The van der Waals surface area contributed by atoms with E-state index in [0.29, 0.717) is 12.0 Å². The van der Waals surface area contributed by atoms with Crippen molar-refractivity contribution in [1.29, 1.82) is 0 Å². The molecule has 1 aromatic heterocycles. The highest BCUT2D eigenvalue weighted by Gasteiger charge is 2.33. The second-order valence-electron chi connectivity index (χ2n) is 4.71. The highest BCUT2D eigenvalue weighted by molar-refractivity contribution is 6.03. The number of rotatable bonds is 2. The average Bonchev–Trinajstić information content (AvgIpc) is 2.94. The Morgan fingerprint density at radius 1 is 1.47 bits per heavy atom. The summed E-state index contributed by atoms with van der Waals surface area (Å²) in [6.45, 7) is 1.97. The predicted octanol–water partition coefficient (Wildman–Crippen LogP) is 1.87. The summed E-state index contributed by atoms with van der Waals surface area (Å²) in [5, 5.41) is 9.07. The molecule has 0 radical (unpaired) electrons. The molecule has 0 amide bonds. The molecular weight excluding hydrogens is 244 g/mol. The standard InChI is InChI=1S/C14H12N2O3/c1-8-2-3-10-9(6-8)7-11(12(10)17)16-5-4-15-13(16)14(18)19/h2-6,11H,7H2,1H3,(H,18,19). The first kappa shape index (κ1) is 11.6. The molecule has 1 N–H and O–H groups in total. The first-order valence-corrected chi connectivity index (χ1v) is 5.98. The van der Waals surface area contributed by atoms with Crippen molar-refractivity contribution in [3.8, 4) is 0 Å². The zero-order valence-electron chi connectivity index (χ0n) is 10.3. The minimum Gasteiger partial charge on any atom is -0.475 e. The number of carbonyl (C=O) groups excluding carboxylic acids is 1. The Balaban J connectivity index is 2.04. The van der Waals surface area contributed by atoms with Gasteiger partial charge in [0.05, 0.1) is 0 Å². The zero-order chi connectivity index (χ0) is 13.6. The molecule has 0 saturated carbocycles. The van der Waals surface area contributed by atoms with Crippen molar-refractivity contribution in [2.45, 2.75) is 19.4 Å². The third kappa shape index (κ3) is 1.74. The first-order chi connectivity index (χ1) is 9.08. The van der Waals surface area contributed by atoms with Crippen LogP contribution >= 0.6 is 0 Å². The quantitative estimate of drug-likeness (QED) is 0.890. The Morgan fingerprint density at radius 3 is 3.00 bits per heavy atom. The number of ketones is 1. The van der Waals surface area contributed by atoms with Crippen LogP contribution in [0.5, 0.6) is 0 Å². The van der Waals surface area contributed by atoms with Crippen molar-refractivity contribution in [1.82, 2.24) is 9.55 Å². The summed E-state index contributed by atoms with van der Waals surface area (Å²) in [5.41, 5.74) is 2.75. The maximum atomic E-state index is 12.3. The van der Waals surface area contributed by atoms with E-state index in [2.05, 4.69) is 4.98 Å². The molecule has 0 aliphatic heterocycles. The lowest BCUT2D eigenvalue weighted by atomic mass is 10.1. The van der Waals surface area contributed by atoms with E-state index in [9.17, 15) is 9.59 Å². The Labute approximate surface area is 109 Å². The fourth-order valence-electron chi connectivity index (χ4n) is 2.57. The van der Waals surface area contributed by atoms with Crippen molar-refractivity contribution < 1.29 is 14.7 Å². The molecule has 1 heterocycles. The normalized spacial score (nSPS) is 17.5. The minimum absolute atomic E-state index is 0.0458. The van der Waals surface area contributed by atoms with Crippen LogP contribution in [0.3, 0.4) is 0 Å². The Bertz CT molecular complexity index is 688. The van der Waals surface area contributed by atoms with Gasteiger partial charge in [0.2, 0.25) is 5.82 Å². The lowest BCUT2D eigenvalue weighted by Gasteiger charge is -2.11. The van der Waals surface area contributed by atoms with Gasteiger partial charge in [-0.05, 0) is 12.5 Å². The number of benzene rings is 1. The molecule has 0 fully saturated rings. The topological polar surface area (TPSA) is 72.2 Å². The van der Waals surface area contributed by atoms with Gasteiger partial charge in [0, 0.05) is 24.4 Å². The van der Waals surface area contributed by atoms with Gasteiger partial charge in [0.1, 0.15) is 6.04 Å². The molecule has 96 valence electrons. The number of aromatic carboxylic acids is 1. The molecule has 1 aromatic carbocycles. The lowest BCUT2D eigenvalue weighted by molar-refractivity contribution is 0.0675. The predicted molar refractivity (Wildman–Crippen MR) is 67.4 cm³/mol. The van der Waals surface area contributed by atoms with Crippen molar-refractivity contribution in [2.24, 2.45) is 0 Å². The van der Waals surface area contributed by atoms with Crippen LogP contribution in [0.4, 0.5) is 0 Å². The van der Waals surface area contributed by atoms with Crippen LogP contribution in [0.1, 0.15) is 38.1 Å². The lowest BCUT2D eigenvalue weighted by Crippen LogP contribution is -2.19. The number of fused-ring (bicyclic) bond motifs is 1. The molecule has 19 heavy (non-hydrogen) atoms. The van der Waals surface area contributed by atoms with Gasteiger partial charge in [0.25, 0.3) is 0 Å². The van der Waals surface area contributed by atoms with Crippen LogP contribution in [0, 0.1) is 6.92 Å². The molecule has 3 rings (SSSR count). The zero-order valence-corrected chi connectivity index (χ0v) is 10.3. The number of carboxylic acid groups (broad SMARTS) is 1.